The van der Waals surface area contributed by atoms with Crippen molar-refractivity contribution in [1.82, 2.24) is 4.90 Å². The number of unbranched alkanes of at least 4 members (excludes halogenated alkanes) is 1. The minimum atomic E-state index is -0.536. The fourth-order valence-corrected chi connectivity index (χ4v) is 1.65. The quantitative estimate of drug-likeness (QED) is 0.649. The number of hydrogen-bond acceptors (Lipinski definition) is 3. The summed E-state index contributed by atoms with van der Waals surface area (Å²) >= 11 is 0. The third kappa shape index (κ3) is 6.94. The summed E-state index contributed by atoms with van der Waals surface area (Å²) in [7, 11) is 0. The maximum Gasteiger partial charge on any atom is 0.239 e. The third-order valence-corrected chi connectivity index (χ3v) is 2.48. The lowest BCUT2D eigenvalue weighted by molar-refractivity contribution is -0.136. The molecule has 0 aliphatic carbocycles. The van der Waals surface area contributed by atoms with Gasteiger partial charge in [-0.15, -0.1) is 0 Å². The minimum absolute atomic E-state index is 0.0371. The number of amides is 2. The Labute approximate surface area is 104 Å². The Morgan fingerprint density at radius 1 is 1.29 bits per heavy atom. The van der Waals surface area contributed by atoms with Gasteiger partial charge in [-0.3, -0.25) is 9.59 Å². The van der Waals surface area contributed by atoms with Crippen LogP contribution in [-0.2, 0) is 9.59 Å². The summed E-state index contributed by atoms with van der Waals surface area (Å²) < 4.78 is 0. The average Bonchev–Trinajstić information content (AvgIpc) is 2.21. The standard InChI is InChI=1S/C12H25N3O2/c1-4-5-6-15(8-11(14)16)12(17)10(13)7-9(2)3/h9-10H,4-8,13H2,1-3H3,(H2,14,16). The highest BCUT2D eigenvalue weighted by molar-refractivity contribution is 5.86. The molecule has 5 nitrogen and oxygen atoms in total. The van der Waals surface area contributed by atoms with E-state index in [0.717, 1.165) is 12.8 Å². The van der Waals surface area contributed by atoms with Crippen LogP contribution in [0.25, 0.3) is 0 Å². The lowest BCUT2D eigenvalue weighted by Gasteiger charge is -2.25. The number of carbonyl (C=O) groups excluding carboxylic acids is 2. The Morgan fingerprint density at radius 2 is 1.88 bits per heavy atom. The van der Waals surface area contributed by atoms with Crippen molar-refractivity contribution >= 4 is 11.8 Å². The van der Waals surface area contributed by atoms with Crippen LogP contribution in [0, 0.1) is 5.92 Å². The molecule has 100 valence electrons. The van der Waals surface area contributed by atoms with Gasteiger partial charge in [-0.2, -0.15) is 0 Å². The Hall–Kier alpha value is -1.10. The van der Waals surface area contributed by atoms with Crippen molar-refractivity contribution in [1.29, 1.82) is 0 Å². The van der Waals surface area contributed by atoms with E-state index >= 15 is 0 Å². The summed E-state index contributed by atoms with van der Waals surface area (Å²) in [5.74, 6) is -0.312. The van der Waals surface area contributed by atoms with Crippen LogP contribution in [0.2, 0.25) is 0 Å². The molecule has 0 spiro atoms. The summed E-state index contributed by atoms with van der Waals surface area (Å²) in [6.07, 6.45) is 2.44. The zero-order chi connectivity index (χ0) is 13.4. The topological polar surface area (TPSA) is 89.4 Å². The second-order valence-electron chi connectivity index (χ2n) is 4.82. The molecule has 0 radical (unpaired) electrons. The molecule has 0 saturated carbocycles. The van der Waals surface area contributed by atoms with Crippen molar-refractivity contribution in [2.45, 2.75) is 46.1 Å². The first-order valence-electron chi connectivity index (χ1n) is 6.21. The van der Waals surface area contributed by atoms with Gasteiger partial charge in [0.15, 0.2) is 0 Å². The van der Waals surface area contributed by atoms with Gasteiger partial charge in [0.1, 0.15) is 0 Å². The van der Waals surface area contributed by atoms with Gasteiger partial charge >= 0.3 is 0 Å². The smallest absolute Gasteiger partial charge is 0.239 e. The van der Waals surface area contributed by atoms with Gasteiger partial charge in [0, 0.05) is 6.54 Å². The second kappa shape index (κ2) is 8.06. The van der Waals surface area contributed by atoms with Crippen LogP contribution in [0.1, 0.15) is 40.0 Å². The fraction of sp³-hybridized carbons (Fsp3) is 0.833. The van der Waals surface area contributed by atoms with Gasteiger partial charge < -0.3 is 16.4 Å². The van der Waals surface area contributed by atoms with Gasteiger partial charge in [0.05, 0.1) is 12.6 Å². The monoisotopic (exact) mass is 243 g/mol. The summed E-state index contributed by atoms with van der Waals surface area (Å²) in [6.45, 7) is 6.56. The second-order valence-corrected chi connectivity index (χ2v) is 4.82. The normalized spacial score (nSPS) is 12.5. The van der Waals surface area contributed by atoms with E-state index in [-0.39, 0.29) is 12.5 Å². The van der Waals surface area contributed by atoms with Crippen LogP contribution in [0.15, 0.2) is 0 Å². The van der Waals surface area contributed by atoms with Crippen molar-refractivity contribution in [2.75, 3.05) is 13.1 Å². The molecule has 0 aromatic heterocycles. The molecule has 0 bridgehead atoms. The Morgan fingerprint density at radius 3 is 2.29 bits per heavy atom. The predicted octanol–water partition coefficient (Wildman–Crippen LogP) is 0.474. The SMILES string of the molecule is CCCCN(CC(N)=O)C(=O)C(N)CC(C)C. The Balaban J connectivity index is 4.44. The van der Waals surface area contributed by atoms with Crippen LogP contribution >= 0.6 is 0 Å². The van der Waals surface area contributed by atoms with Gasteiger partial charge in [-0.1, -0.05) is 27.2 Å². The van der Waals surface area contributed by atoms with Crippen molar-refractivity contribution in [3.63, 3.8) is 0 Å². The van der Waals surface area contributed by atoms with E-state index in [2.05, 4.69) is 0 Å². The molecule has 1 atom stereocenters. The first kappa shape index (κ1) is 15.9. The molecule has 1 unspecified atom stereocenters. The lowest BCUT2D eigenvalue weighted by atomic mass is 10.0. The highest BCUT2D eigenvalue weighted by atomic mass is 16.2. The van der Waals surface area contributed by atoms with Crippen LogP contribution in [0.4, 0.5) is 0 Å². The molecule has 0 fully saturated rings. The lowest BCUT2D eigenvalue weighted by Crippen LogP contribution is -2.47. The summed E-state index contributed by atoms with van der Waals surface area (Å²) in [5.41, 5.74) is 11.0. The summed E-state index contributed by atoms with van der Waals surface area (Å²) in [4.78, 5) is 24.4. The number of nitrogens with zero attached hydrogens (tertiary/aromatic N) is 1. The van der Waals surface area contributed by atoms with E-state index in [4.69, 9.17) is 11.5 Å². The van der Waals surface area contributed by atoms with E-state index in [1.54, 1.807) is 0 Å². The van der Waals surface area contributed by atoms with E-state index < -0.39 is 11.9 Å². The number of rotatable bonds is 8. The highest BCUT2D eigenvalue weighted by Crippen LogP contribution is 2.06. The molecule has 4 N–H and O–H groups in total. The molecule has 2 amide bonds. The first-order valence-corrected chi connectivity index (χ1v) is 6.21. The van der Waals surface area contributed by atoms with Crippen LogP contribution in [-0.4, -0.2) is 35.8 Å². The molecule has 0 rings (SSSR count). The fourth-order valence-electron chi connectivity index (χ4n) is 1.65. The van der Waals surface area contributed by atoms with Crippen LogP contribution in [0.5, 0.6) is 0 Å². The summed E-state index contributed by atoms with van der Waals surface area (Å²) in [5, 5.41) is 0. The highest BCUT2D eigenvalue weighted by Gasteiger charge is 2.22. The van der Waals surface area contributed by atoms with Crippen molar-refractivity contribution in [3.8, 4) is 0 Å². The predicted molar refractivity (Wildman–Crippen MR) is 68.1 cm³/mol. The molecular weight excluding hydrogens is 218 g/mol. The third-order valence-electron chi connectivity index (χ3n) is 2.48. The maximum atomic E-state index is 12.0. The van der Waals surface area contributed by atoms with Crippen molar-refractivity contribution in [3.05, 3.63) is 0 Å². The van der Waals surface area contributed by atoms with E-state index in [1.165, 1.54) is 4.90 Å². The zero-order valence-corrected chi connectivity index (χ0v) is 11.1. The molecule has 5 heteroatoms. The van der Waals surface area contributed by atoms with Gasteiger partial charge in [-0.05, 0) is 18.8 Å². The minimum Gasteiger partial charge on any atom is -0.368 e. The molecule has 0 aromatic rings. The van der Waals surface area contributed by atoms with Crippen LogP contribution in [0.3, 0.4) is 0 Å². The average molecular weight is 243 g/mol. The van der Waals surface area contributed by atoms with Gasteiger partial charge in [0.25, 0.3) is 0 Å². The van der Waals surface area contributed by atoms with Gasteiger partial charge in [0.2, 0.25) is 11.8 Å². The molecule has 0 saturated heterocycles. The number of nitrogens with two attached hydrogens (primary N) is 2. The van der Waals surface area contributed by atoms with E-state index in [1.807, 2.05) is 20.8 Å². The molecule has 0 aliphatic rings. The number of hydrogen-bond donors (Lipinski definition) is 2. The number of carbonyl (C=O) groups is 2. The van der Waals surface area contributed by atoms with E-state index in [9.17, 15) is 9.59 Å². The van der Waals surface area contributed by atoms with Crippen LogP contribution < -0.4 is 11.5 Å². The number of primary amides is 1. The Kier molecular flexibility index (Phi) is 7.54. The van der Waals surface area contributed by atoms with Gasteiger partial charge in [-0.25, -0.2) is 0 Å². The largest absolute Gasteiger partial charge is 0.368 e. The van der Waals surface area contributed by atoms with E-state index in [0.29, 0.717) is 18.9 Å². The molecule has 0 heterocycles. The molecule has 0 aromatic carbocycles. The summed E-state index contributed by atoms with van der Waals surface area (Å²) in [6, 6.07) is -0.536. The Bertz CT molecular complexity index is 254. The molecule has 0 aliphatic heterocycles. The zero-order valence-electron chi connectivity index (χ0n) is 11.1. The van der Waals surface area contributed by atoms with Crippen molar-refractivity contribution in [2.24, 2.45) is 17.4 Å². The van der Waals surface area contributed by atoms with Crippen molar-refractivity contribution < 1.29 is 9.59 Å². The molecule has 17 heavy (non-hydrogen) atoms. The maximum absolute atomic E-state index is 12.0. The first-order chi connectivity index (χ1) is 7.88. The molecular formula is C12H25N3O2.